The number of halogens is 3. The molecule has 158 valence electrons. The summed E-state index contributed by atoms with van der Waals surface area (Å²) in [7, 11) is 1.70. The van der Waals surface area contributed by atoms with Crippen molar-refractivity contribution in [3.8, 4) is 0 Å². The second-order valence-electron chi connectivity index (χ2n) is 6.85. The third kappa shape index (κ3) is 5.52. The molecule has 3 heterocycles. The molecule has 0 bridgehead atoms. The summed E-state index contributed by atoms with van der Waals surface area (Å²) in [5.74, 6) is 2.89. The number of thiazole rings is 1. The third-order valence-electron chi connectivity index (χ3n) is 5.05. The minimum absolute atomic E-state index is 0.100. The highest BCUT2D eigenvalue weighted by Crippen LogP contribution is 2.33. The van der Waals surface area contributed by atoms with E-state index in [-0.39, 0.29) is 5.54 Å². The zero-order valence-corrected chi connectivity index (χ0v) is 17.5. The molecule has 2 saturated heterocycles. The Morgan fingerprint density at radius 2 is 2.14 bits per heavy atom. The fourth-order valence-electron chi connectivity index (χ4n) is 3.45. The van der Waals surface area contributed by atoms with Crippen molar-refractivity contribution in [1.82, 2.24) is 20.5 Å². The van der Waals surface area contributed by atoms with Crippen molar-refractivity contribution in [3.05, 3.63) is 16.1 Å². The number of aromatic nitrogens is 1. The lowest BCUT2D eigenvalue weighted by Gasteiger charge is -2.43. The number of morpholine rings is 1. The summed E-state index contributed by atoms with van der Waals surface area (Å²) in [4.78, 5) is 10.4. The van der Waals surface area contributed by atoms with E-state index in [4.69, 9.17) is 4.74 Å². The van der Waals surface area contributed by atoms with Gasteiger partial charge in [-0.2, -0.15) is 24.9 Å². The Labute approximate surface area is 171 Å². The molecule has 11 heteroatoms. The Kier molecular flexibility index (Phi) is 7.46. The molecule has 3 rings (SSSR count). The van der Waals surface area contributed by atoms with Gasteiger partial charge in [0.2, 0.25) is 0 Å². The standard InChI is InChI=1S/C17H26F3N5OS2/c1-21-15(22-4-2-14-24-13(10-28-14)17(18,19)20)23-11-16(3-9-27-12-16)25-5-7-26-8-6-25/h10H,2-9,11-12H2,1H3,(H2,21,22,23). The first kappa shape index (κ1) is 21.7. The topological polar surface area (TPSA) is 61.8 Å². The van der Waals surface area contributed by atoms with Crippen molar-refractivity contribution in [1.29, 1.82) is 0 Å². The molecule has 2 aliphatic rings. The fourth-order valence-corrected chi connectivity index (χ4v) is 5.73. The van der Waals surface area contributed by atoms with Crippen molar-refractivity contribution >= 4 is 29.1 Å². The first-order chi connectivity index (χ1) is 13.4. The summed E-state index contributed by atoms with van der Waals surface area (Å²) in [6.07, 6.45) is -2.83. The smallest absolute Gasteiger partial charge is 0.379 e. The maximum absolute atomic E-state index is 12.6. The molecular weight excluding hydrogens is 411 g/mol. The molecular formula is C17H26F3N5OS2. The van der Waals surface area contributed by atoms with Gasteiger partial charge >= 0.3 is 6.18 Å². The van der Waals surface area contributed by atoms with Crippen LogP contribution in [0.25, 0.3) is 0 Å². The summed E-state index contributed by atoms with van der Waals surface area (Å²) >= 11 is 3.01. The number of alkyl halides is 3. The number of aliphatic imine (C=N–C) groups is 1. The van der Waals surface area contributed by atoms with E-state index in [1.165, 1.54) is 0 Å². The molecule has 1 unspecified atom stereocenters. The first-order valence-electron chi connectivity index (χ1n) is 9.30. The van der Waals surface area contributed by atoms with Crippen LogP contribution in [0.15, 0.2) is 10.4 Å². The zero-order chi connectivity index (χ0) is 20.0. The van der Waals surface area contributed by atoms with Crippen LogP contribution < -0.4 is 10.6 Å². The van der Waals surface area contributed by atoms with Gasteiger partial charge in [0.1, 0.15) is 0 Å². The number of hydrogen-bond acceptors (Lipinski definition) is 6. The van der Waals surface area contributed by atoms with E-state index in [1.807, 2.05) is 11.8 Å². The van der Waals surface area contributed by atoms with Gasteiger partial charge in [0.05, 0.1) is 18.2 Å². The second kappa shape index (κ2) is 9.64. The highest BCUT2D eigenvalue weighted by atomic mass is 32.2. The SMILES string of the molecule is CN=C(NCCc1nc(C(F)(F)F)cs1)NCC1(N2CCOCC2)CCSC1. The summed E-state index contributed by atoms with van der Waals surface area (Å²) in [6.45, 7) is 4.69. The number of nitrogens with zero attached hydrogens (tertiary/aromatic N) is 3. The van der Waals surface area contributed by atoms with Crippen LogP contribution in [0.5, 0.6) is 0 Å². The van der Waals surface area contributed by atoms with Gasteiger partial charge in [-0.3, -0.25) is 9.89 Å². The molecule has 6 nitrogen and oxygen atoms in total. The highest BCUT2D eigenvalue weighted by Gasteiger charge is 2.40. The van der Waals surface area contributed by atoms with E-state index in [2.05, 4.69) is 25.5 Å². The molecule has 0 radical (unpaired) electrons. The molecule has 0 aromatic carbocycles. The van der Waals surface area contributed by atoms with Gasteiger partial charge in [-0.1, -0.05) is 0 Å². The number of ether oxygens (including phenoxy) is 1. The first-order valence-corrected chi connectivity index (χ1v) is 11.3. The molecule has 0 amide bonds. The molecule has 1 aromatic heterocycles. The van der Waals surface area contributed by atoms with Gasteiger partial charge in [0, 0.05) is 56.3 Å². The number of rotatable bonds is 6. The lowest BCUT2D eigenvalue weighted by Crippen LogP contribution is -2.60. The van der Waals surface area contributed by atoms with Gasteiger partial charge in [-0.25, -0.2) is 4.98 Å². The maximum atomic E-state index is 12.6. The molecule has 2 N–H and O–H groups in total. The van der Waals surface area contributed by atoms with Gasteiger partial charge in [0.15, 0.2) is 11.7 Å². The van der Waals surface area contributed by atoms with Crippen LogP contribution in [0.1, 0.15) is 17.1 Å². The van der Waals surface area contributed by atoms with Crippen LogP contribution in [-0.4, -0.2) is 79.3 Å². The van der Waals surface area contributed by atoms with Crippen LogP contribution in [0.4, 0.5) is 13.2 Å². The van der Waals surface area contributed by atoms with Crippen LogP contribution in [0.2, 0.25) is 0 Å². The highest BCUT2D eigenvalue weighted by molar-refractivity contribution is 7.99. The average Bonchev–Trinajstić information content (AvgIpc) is 3.35. The number of nitrogens with one attached hydrogen (secondary N) is 2. The average molecular weight is 438 g/mol. The van der Waals surface area contributed by atoms with E-state index in [1.54, 1.807) is 7.05 Å². The van der Waals surface area contributed by atoms with Gasteiger partial charge < -0.3 is 15.4 Å². The van der Waals surface area contributed by atoms with E-state index >= 15 is 0 Å². The predicted octanol–water partition coefficient (Wildman–Crippen LogP) is 2.08. The van der Waals surface area contributed by atoms with E-state index in [9.17, 15) is 13.2 Å². The lowest BCUT2D eigenvalue weighted by molar-refractivity contribution is -0.140. The Bertz CT molecular complexity index is 655. The van der Waals surface area contributed by atoms with Crippen molar-refractivity contribution in [3.63, 3.8) is 0 Å². The third-order valence-corrected chi connectivity index (χ3v) is 7.19. The quantitative estimate of drug-likeness (QED) is 0.525. The van der Waals surface area contributed by atoms with Gasteiger partial charge in [-0.05, 0) is 12.2 Å². The number of thioether (sulfide) groups is 1. The van der Waals surface area contributed by atoms with Crippen LogP contribution in [-0.2, 0) is 17.3 Å². The van der Waals surface area contributed by atoms with Crippen molar-refractivity contribution in [2.75, 3.05) is 57.9 Å². The Morgan fingerprint density at radius 3 is 2.75 bits per heavy atom. The Hall–Kier alpha value is -1.04. The minimum Gasteiger partial charge on any atom is -0.379 e. The normalized spacial score (nSPS) is 24.5. The Morgan fingerprint density at radius 1 is 1.36 bits per heavy atom. The monoisotopic (exact) mass is 437 g/mol. The molecule has 2 aliphatic heterocycles. The fraction of sp³-hybridized carbons (Fsp3) is 0.765. The molecule has 1 atom stereocenters. The molecule has 0 saturated carbocycles. The molecule has 0 aliphatic carbocycles. The molecule has 0 spiro atoms. The van der Waals surface area contributed by atoms with Crippen LogP contribution >= 0.6 is 23.1 Å². The van der Waals surface area contributed by atoms with Crippen molar-refractivity contribution in [2.24, 2.45) is 4.99 Å². The largest absolute Gasteiger partial charge is 0.434 e. The van der Waals surface area contributed by atoms with Crippen molar-refractivity contribution < 1.29 is 17.9 Å². The zero-order valence-electron chi connectivity index (χ0n) is 15.8. The Balaban J connectivity index is 1.48. The molecule has 1 aromatic rings. The van der Waals surface area contributed by atoms with E-state index < -0.39 is 11.9 Å². The lowest BCUT2D eigenvalue weighted by atomic mass is 9.95. The maximum Gasteiger partial charge on any atom is 0.434 e. The van der Waals surface area contributed by atoms with Crippen molar-refractivity contribution in [2.45, 2.75) is 24.6 Å². The summed E-state index contributed by atoms with van der Waals surface area (Å²) in [6, 6.07) is 0. The number of guanidine groups is 1. The van der Waals surface area contributed by atoms with Crippen LogP contribution in [0, 0.1) is 0 Å². The van der Waals surface area contributed by atoms with Gasteiger partial charge in [0.25, 0.3) is 0 Å². The summed E-state index contributed by atoms with van der Waals surface area (Å²) < 4.78 is 43.4. The number of hydrogen-bond donors (Lipinski definition) is 2. The minimum atomic E-state index is -4.38. The summed E-state index contributed by atoms with van der Waals surface area (Å²) in [5, 5.41) is 8.12. The van der Waals surface area contributed by atoms with Gasteiger partial charge in [-0.15, -0.1) is 11.3 Å². The molecule has 28 heavy (non-hydrogen) atoms. The predicted molar refractivity (Wildman–Crippen MR) is 107 cm³/mol. The van der Waals surface area contributed by atoms with E-state index in [0.717, 1.165) is 67.5 Å². The van der Waals surface area contributed by atoms with E-state index in [0.29, 0.717) is 23.9 Å². The van der Waals surface area contributed by atoms with Crippen LogP contribution in [0.3, 0.4) is 0 Å². The summed E-state index contributed by atoms with van der Waals surface area (Å²) in [5.41, 5.74) is -0.718. The second-order valence-corrected chi connectivity index (χ2v) is 8.90. The molecule has 2 fully saturated rings.